The van der Waals surface area contributed by atoms with E-state index in [1.165, 1.54) is 0 Å². The van der Waals surface area contributed by atoms with Gasteiger partial charge in [0.05, 0.1) is 4.47 Å². The van der Waals surface area contributed by atoms with E-state index in [0.717, 1.165) is 31.6 Å². The smallest absolute Gasteiger partial charge is 0.129 e. The van der Waals surface area contributed by atoms with Gasteiger partial charge >= 0.3 is 0 Å². The lowest BCUT2D eigenvalue weighted by Gasteiger charge is -2.28. The monoisotopic (exact) mass is 321 g/mol. The highest BCUT2D eigenvalue weighted by Crippen LogP contribution is 2.32. The molecule has 0 aliphatic carbocycles. The van der Waals surface area contributed by atoms with Crippen LogP contribution in [0, 0.1) is 5.92 Å². The molecule has 0 spiro atoms. The molecule has 1 aromatic carbocycles. The summed E-state index contributed by atoms with van der Waals surface area (Å²) in [6, 6.07) is 5.50. The van der Waals surface area contributed by atoms with Crippen molar-refractivity contribution in [3.8, 4) is 5.75 Å². The van der Waals surface area contributed by atoms with Crippen molar-refractivity contribution in [3.63, 3.8) is 0 Å². The van der Waals surface area contributed by atoms with Crippen LogP contribution in [-0.4, -0.2) is 18.3 Å². The second-order valence-corrected chi connectivity index (χ2v) is 5.04. The highest BCUT2D eigenvalue weighted by molar-refractivity contribution is 9.10. The molecule has 0 unspecified atom stereocenters. The van der Waals surface area contributed by atoms with Crippen LogP contribution in [0.2, 0.25) is 0 Å². The zero-order valence-electron chi connectivity index (χ0n) is 9.43. The number of rotatable bonds is 2. The van der Waals surface area contributed by atoms with Crippen LogP contribution in [-0.2, 0) is 4.74 Å². The van der Waals surface area contributed by atoms with Crippen LogP contribution in [0.3, 0.4) is 0 Å². The minimum Gasteiger partial charge on any atom is -0.507 e. The number of phenolic OH excluding ortho intramolecular Hbond substituents is 1. The maximum Gasteiger partial charge on any atom is 0.129 e. The fourth-order valence-electron chi connectivity index (χ4n) is 2.08. The van der Waals surface area contributed by atoms with E-state index in [9.17, 15) is 5.11 Å². The highest BCUT2D eigenvalue weighted by Gasteiger charge is 2.22. The maximum atomic E-state index is 9.43. The first-order valence-corrected chi connectivity index (χ1v) is 6.29. The summed E-state index contributed by atoms with van der Waals surface area (Å²) in [4.78, 5) is 0. The van der Waals surface area contributed by atoms with E-state index < -0.39 is 0 Å². The average Bonchev–Trinajstić information content (AvgIpc) is 2.33. The lowest BCUT2D eigenvalue weighted by atomic mass is 9.88. The molecule has 0 saturated carbocycles. The van der Waals surface area contributed by atoms with Gasteiger partial charge in [-0.3, -0.25) is 0 Å². The molecule has 1 aliphatic heterocycles. The first-order chi connectivity index (χ1) is 7.68. The van der Waals surface area contributed by atoms with E-state index in [-0.39, 0.29) is 24.2 Å². The third-order valence-electron chi connectivity index (χ3n) is 3.13. The largest absolute Gasteiger partial charge is 0.507 e. The number of ether oxygens (including phenoxy) is 1. The summed E-state index contributed by atoms with van der Waals surface area (Å²) in [5, 5.41) is 9.43. The van der Waals surface area contributed by atoms with Crippen molar-refractivity contribution in [3.05, 3.63) is 28.2 Å². The molecule has 1 aromatic rings. The Morgan fingerprint density at radius 1 is 1.35 bits per heavy atom. The van der Waals surface area contributed by atoms with Crippen LogP contribution in [0.15, 0.2) is 22.7 Å². The van der Waals surface area contributed by atoms with Crippen molar-refractivity contribution >= 4 is 28.3 Å². The van der Waals surface area contributed by atoms with Gasteiger partial charge < -0.3 is 15.6 Å². The number of phenols is 1. The first kappa shape index (κ1) is 14.8. The summed E-state index contributed by atoms with van der Waals surface area (Å²) < 4.78 is 6.03. The van der Waals surface area contributed by atoms with Crippen LogP contribution in [0.5, 0.6) is 5.75 Å². The van der Waals surface area contributed by atoms with Crippen molar-refractivity contribution < 1.29 is 9.84 Å². The fraction of sp³-hybridized carbons (Fsp3) is 0.500. The Balaban J connectivity index is 0.00000144. The minimum absolute atomic E-state index is 0. The van der Waals surface area contributed by atoms with Gasteiger partial charge in [0, 0.05) is 19.3 Å². The third-order valence-corrected chi connectivity index (χ3v) is 3.77. The molecule has 5 heteroatoms. The summed E-state index contributed by atoms with van der Waals surface area (Å²) in [5.74, 6) is 0.730. The van der Waals surface area contributed by atoms with Gasteiger partial charge in [-0.1, -0.05) is 6.07 Å². The zero-order chi connectivity index (χ0) is 11.5. The standard InChI is InChI=1S/C12H16BrNO2.ClH/c13-10-7-9(1-2-11(10)15)12(14)8-3-5-16-6-4-8;/h1-2,7-8,12,15H,3-6,14H2;1H/t12-;/m0./s1. The van der Waals surface area contributed by atoms with Crippen LogP contribution >= 0.6 is 28.3 Å². The van der Waals surface area contributed by atoms with Gasteiger partial charge in [0.15, 0.2) is 0 Å². The fourth-order valence-corrected chi connectivity index (χ4v) is 2.47. The van der Waals surface area contributed by atoms with Crippen LogP contribution in [0.1, 0.15) is 24.4 Å². The van der Waals surface area contributed by atoms with Crippen molar-refractivity contribution in [1.82, 2.24) is 0 Å². The van der Waals surface area contributed by atoms with Crippen LogP contribution < -0.4 is 5.73 Å². The molecular formula is C12H17BrClNO2. The summed E-state index contributed by atoms with van der Waals surface area (Å²) in [6.07, 6.45) is 2.03. The normalized spacial score (nSPS) is 18.5. The Hall–Kier alpha value is -0.290. The highest BCUT2D eigenvalue weighted by atomic mass is 79.9. The van der Waals surface area contributed by atoms with Gasteiger partial charge in [0.2, 0.25) is 0 Å². The molecule has 0 radical (unpaired) electrons. The Labute approximate surface area is 116 Å². The van der Waals surface area contributed by atoms with E-state index >= 15 is 0 Å². The molecule has 96 valence electrons. The molecule has 1 saturated heterocycles. The molecule has 1 fully saturated rings. The van der Waals surface area contributed by atoms with Crippen molar-refractivity contribution in [2.75, 3.05) is 13.2 Å². The summed E-state index contributed by atoms with van der Waals surface area (Å²) in [7, 11) is 0. The van der Waals surface area contributed by atoms with Gasteiger partial charge in [0.1, 0.15) is 5.75 Å². The van der Waals surface area contributed by atoms with Crippen LogP contribution in [0.25, 0.3) is 0 Å². The molecule has 2 rings (SSSR count). The molecule has 0 aromatic heterocycles. The maximum absolute atomic E-state index is 9.43. The summed E-state index contributed by atoms with van der Waals surface area (Å²) >= 11 is 3.31. The number of hydrogen-bond acceptors (Lipinski definition) is 3. The second kappa shape index (κ2) is 6.59. The lowest BCUT2D eigenvalue weighted by Crippen LogP contribution is -2.27. The quantitative estimate of drug-likeness (QED) is 0.880. The Morgan fingerprint density at radius 2 is 2.00 bits per heavy atom. The Kier molecular flexibility index (Phi) is 5.73. The second-order valence-electron chi connectivity index (χ2n) is 4.19. The molecule has 0 amide bonds. The minimum atomic E-state index is 0. The number of nitrogens with two attached hydrogens (primary N) is 1. The van der Waals surface area contributed by atoms with Crippen molar-refractivity contribution in [1.29, 1.82) is 0 Å². The Bertz CT molecular complexity index is 370. The van der Waals surface area contributed by atoms with E-state index in [0.29, 0.717) is 10.4 Å². The van der Waals surface area contributed by atoms with E-state index in [4.69, 9.17) is 10.5 Å². The Morgan fingerprint density at radius 3 is 2.59 bits per heavy atom. The van der Waals surface area contributed by atoms with Crippen molar-refractivity contribution in [2.24, 2.45) is 11.7 Å². The van der Waals surface area contributed by atoms with Gasteiger partial charge in [0.25, 0.3) is 0 Å². The predicted octanol–water partition coefficient (Wildman–Crippen LogP) is 3.00. The van der Waals surface area contributed by atoms with Gasteiger partial charge in [-0.2, -0.15) is 0 Å². The predicted molar refractivity (Wildman–Crippen MR) is 73.5 cm³/mol. The molecule has 1 atom stereocenters. The van der Waals surface area contributed by atoms with Gasteiger partial charge in [-0.15, -0.1) is 12.4 Å². The lowest BCUT2D eigenvalue weighted by molar-refractivity contribution is 0.0583. The number of hydrogen-bond donors (Lipinski definition) is 2. The topological polar surface area (TPSA) is 55.5 Å². The van der Waals surface area contributed by atoms with Crippen LogP contribution in [0.4, 0.5) is 0 Å². The number of aromatic hydroxyl groups is 1. The third kappa shape index (κ3) is 3.58. The molecule has 0 bridgehead atoms. The average molecular weight is 323 g/mol. The number of halogens is 2. The molecule has 17 heavy (non-hydrogen) atoms. The molecular weight excluding hydrogens is 305 g/mol. The van der Waals surface area contributed by atoms with E-state index in [1.807, 2.05) is 12.1 Å². The molecule has 1 heterocycles. The molecule has 3 N–H and O–H groups in total. The zero-order valence-corrected chi connectivity index (χ0v) is 11.8. The van der Waals surface area contributed by atoms with Gasteiger partial charge in [-0.25, -0.2) is 0 Å². The summed E-state index contributed by atoms with van der Waals surface area (Å²) in [5.41, 5.74) is 7.30. The van der Waals surface area contributed by atoms with E-state index in [1.54, 1.807) is 6.07 Å². The molecule has 3 nitrogen and oxygen atoms in total. The van der Waals surface area contributed by atoms with Crippen molar-refractivity contribution in [2.45, 2.75) is 18.9 Å². The SMILES string of the molecule is Cl.N[C@H](c1ccc(O)c(Br)c1)C1CCOCC1. The summed E-state index contributed by atoms with van der Waals surface area (Å²) in [6.45, 7) is 1.61. The van der Waals surface area contributed by atoms with E-state index in [2.05, 4.69) is 15.9 Å². The molecule has 1 aliphatic rings. The number of benzene rings is 1. The first-order valence-electron chi connectivity index (χ1n) is 5.50. The van der Waals surface area contributed by atoms with Gasteiger partial charge in [-0.05, 0) is 52.4 Å².